The molecule has 9 nitrogen and oxygen atoms in total. The summed E-state index contributed by atoms with van der Waals surface area (Å²) in [5, 5.41) is 24.8. The normalized spacial score (nSPS) is 26.2. The number of hydrogen-bond acceptors (Lipinski definition) is 8. The molecule has 3 N–H and O–H groups in total. The smallest absolute Gasteiger partial charge is 0.243 e. The van der Waals surface area contributed by atoms with E-state index < -0.39 is 21.7 Å². The molecule has 168 valence electrons. The van der Waals surface area contributed by atoms with Crippen LogP contribution in [0.1, 0.15) is 24.5 Å². The van der Waals surface area contributed by atoms with E-state index in [4.69, 9.17) is 0 Å². The number of aliphatic hydroxyl groups excluding tert-OH is 1. The molecule has 0 saturated carbocycles. The number of hydrogen-bond donors (Lipinski definition) is 3. The van der Waals surface area contributed by atoms with Crippen LogP contribution in [-0.2, 0) is 10.0 Å². The SMILES string of the molecule is CNc1nccnc1C1CCN(C[C@]2(O)CN(S(=O)(=O)c3ccccc3)C[C@H]2O)CC1. The Morgan fingerprint density at radius 1 is 1.16 bits per heavy atom. The van der Waals surface area contributed by atoms with E-state index in [1.165, 1.54) is 16.4 Å². The van der Waals surface area contributed by atoms with E-state index in [-0.39, 0.29) is 30.4 Å². The summed E-state index contributed by atoms with van der Waals surface area (Å²) in [6.45, 7) is 1.44. The molecule has 0 radical (unpaired) electrons. The maximum Gasteiger partial charge on any atom is 0.243 e. The highest BCUT2D eigenvalue weighted by atomic mass is 32.2. The maximum atomic E-state index is 12.9. The Morgan fingerprint density at radius 2 is 1.84 bits per heavy atom. The molecule has 0 unspecified atom stereocenters. The number of piperidine rings is 1. The average molecular weight is 448 g/mol. The van der Waals surface area contributed by atoms with Crippen LogP contribution in [0, 0.1) is 0 Å². The number of nitrogens with zero attached hydrogens (tertiary/aromatic N) is 4. The van der Waals surface area contributed by atoms with Gasteiger partial charge in [-0.05, 0) is 38.1 Å². The standard InChI is InChI=1S/C21H29N5O4S/c1-22-20-19(23-9-10-24-20)16-7-11-25(12-8-16)14-21(28)15-26(13-18(21)27)31(29,30)17-5-3-2-4-6-17/h2-6,9-10,16,18,27-28H,7-8,11-15H2,1H3,(H,22,24)/t18-,21+/m1/s1. The summed E-state index contributed by atoms with van der Waals surface area (Å²) in [6.07, 6.45) is 3.93. The average Bonchev–Trinajstić information content (AvgIpc) is 3.09. The second kappa shape index (κ2) is 8.79. The number of rotatable bonds is 6. The summed E-state index contributed by atoms with van der Waals surface area (Å²) < 4.78 is 27.0. The molecule has 0 bridgehead atoms. The summed E-state index contributed by atoms with van der Waals surface area (Å²) in [4.78, 5) is 11.1. The molecule has 31 heavy (non-hydrogen) atoms. The molecule has 10 heteroatoms. The Labute approximate surface area is 182 Å². The number of nitrogens with one attached hydrogen (secondary N) is 1. The molecule has 3 heterocycles. The van der Waals surface area contributed by atoms with Gasteiger partial charge in [0.25, 0.3) is 0 Å². The van der Waals surface area contributed by atoms with Crippen LogP contribution in [0.3, 0.4) is 0 Å². The van der Waals surface area contributed by atoms with Gasteiger partial charge in [0.15, 0.2) is 0 Å². The first-order valence-electron chi connectivity index (χ1n) is 10.5. The largest absolute Gasteiger partial charge is 0.389 e. The minimum Gasteiger partial charge on any atom is -0.389 e. The summed E-state index contributed by atoms with van der Waals surface area (Å²) in [6, 6.07) is 8.11. The van der Waals surface area contributed by atoms with Gasteiger partial charge < -0.3 is 20.4 Å². The molecule has 0 spiro atoms. The lowest BCUT2D eigenvalue weighted by Crippen LogP contribution is -2.53. The van der Waals surface area contributed by atoms with Gasteiger partial charge in [-0.2, -0.15) is 4.31 Å². The Hall–Kier alpha value is -2.11. The van der Waals surface area contributed by atoms with E-state index in [0.29, 0.717) is 0 Å². The van der Waals surface area contributed by atoms with Crippen molar-refractivity contribution in [3.8, 4) is 0 Å². The molecule has 0 aliphatic carbocycles. The lowest BCUT2D eigenvalue weighted by Gasteiger charge is -2.37. The van der Waals surface area contributed by atoms with Crippen molar-refractivity contribution in [2.75, 3.05) is 45.1 Å². The van der Waals surface area contributed by atoms with Gasteiger partial charge in [0.1, 0.15) is 11.4 Å². The summed E-state index contributed by atoms with van der Waals surface area (Å²) in [5.74, 6) is 1.05. The predicted octanol–water partition coefficient (Wildman–Crippen LogP) is 0.494. The Kier molecular flexibility index (Phi) is 6.27. The van der Waals surface area contributed by atoms with Crippen molar-refractivity contribution in [3.63, 3.8) is 0 Å². The fourth-order valence-corrected chi connectivity index (χ4v) is 6.04. The van der Waals surface area contributed by atoms with E-state index in [0.717, 1.165) is 37.4 Å². The number of β-amino-alcohol motifs (C(OH)–C–C–N with tert-alkyl or cyclic N) is 2. The fourth-order valence-electron chi connectivity index (χ4n) is 4.51. The van der Waals surface area contributed by atoms with Gasteiger partial charge in [-0.25, -0.2) is 13.4 Å². The van der Waals surface area contributed by atoms with E-state index >= 15 is 0 Å². The molecule has 4 rings (SSSR count). The Morgan fingerprint density at radius 3 is 2.52 bits per heavy atom. The molecule has 1 aromatic heterocycles. The molecule has 2 atom stereocenters. The number of aliphatic hydroxyl groups is 2. The van der Waals surface area contributed by atoms with Crippen LogP contribution in [0.4, 0.5) is 5.82 Å². The minimum absolute atomic E-state index is 0.116. The summed E-state index contributed by atoms with van der Waals surface area (Å²) in [5.41, 5.74) is -0.554. The molecular formula is C21H29N5O4S. The fraction of sp³-hybridized carbons (Fsp3) is 0.524. The van der Waals surface area contributed by atoms with Crippen molar-refractivity contribution in [2.45, 2.75) is 35.4 Å². The maximum absolute atomic E-state index is 12.9. The van der Waals surface area contributed by atoms with Gasteiger partial charge in [0.05, 0.1) is 16.7 Å². The Balaban J connectivity index is 1.40. The van der Waals surface area contributed by atoms with Gasteiger partial charge >= 0.3 is 0 Å². The highest BCUT2D eigenvalue weighted by Gasteiger charge is 2.49. The van der Waals surface area contributed by atoms with E-state index in [1.807, 2.05) is 7.05 Å². The van der Waals surface area contributed by atoms with Crippen molar-refractivity contribution in [1.29, 1.82) is 0 Å². The van der Waals surface area contributed by atoms with Crippen LogP contribution in [0.2, 0.25) is 0 Å². The van der Waals surface area contributed by atoms with Gasteiger partial charge in [-0.1, -0.05) is 18.2 Å². The van der Waals surface area contributed by atoms with E-state index in [2.05, 4.69) is 20.2 Å². The van der Waals surface area contributed by atoms with E-state index in [1.54, 1.807) is 30.6 Å². The van der Waals surface area contributed by atoms with Crippen LogP contribution in [0.25, 0.3) is 0 Å². The third kappa shape index (κ3) is 4.44. The second-order valence-electron chi connectivity index (χ2n) is 8.32. The molecule has 0 amide bonds. The molecule has 2 fully saturated rings. The first kappa shape index (κ1) is 22.1. The molecule has 2 aromatic rings. The lowest BCUT2D eigenvalue weighted by molar-refractivity contribution is -0.0639. The number of aromatic nitrogens is 2. The first-order chi connectivity index (χ1) is 14.8. The van der Waals surface area contributed by atoms with Crippen LogP contribution >= 0.6 is 0 Å². The number of sulfonamides is 1. The van der Waals surface area contributed by atoms with Crippen LogP contribution in [0.15, 0.2) is 47.6 Å². The van der Waals surface area contributed by atoms with Crippen molar-refractivity contribution >= 4 is 15.8 Å². The summed E-state index contributed by atoms with van der Waals surface area (Å²) in [7, 11) is -1.94. The molecule has 2 aliphatic heterocycles. The zero-order chi connectivity index (χ0) is 22.1. The zero-order valence-electron chi connectivity index (χ0n) is 17.6. The van der Waals surface area contributed by atoms with Gasteiger partial charge in [0.2, 0.25) is 10.0 Å². The van der Waals surface area contributed by atoms with Crippen molar-refractivity contribution in [2.24, 2.45) is 0 Å². The van der Waals surface area contributed by atoms with Crippen molar-refractivity contribution < 1.29 is 18.6 Å². The molecule has 1 aromatic carbocycles. The van der Waals surface area contributed by atoms with Crippen LogP contribution < -0.4 is 5.32 Å². The monoisotopic (exact) mass is 447 g/mol. The number of likely N-dealkylation sites (tertiary alicyclic amines) is 1. The molecule has 2 aliphatic rings. The molecule has 2 saturated heterocycles. The van der Waals surface area contributed by atoms with Gasteiger partial charge in [0, 0.05) is 45.0 Å². The van der Waals surface area contributed by atoms with Crippen molar-refractivity contribution in [3.05, 3.63) is 48.4 Å². The van der Waals surface area contributed by atoms with E-state index in [9.17, 15) is 18.6 Å². The number of anilines is 1. The first-order valence-corrected chi connectivity index (χ1v) is 11.9. The van der Waals surface area contributed by atoms with Crippen LogP contribution in [0.5, 0.6) is 0 Å². The number of benzene rings is 1. The second-order valence-corrected chi connectivity index (χ2v) is 10.3. The predicted molar refractivity (Wildman–Crippen MR) is 116 cm³/mol. The highest BCUT2D eigenvalue weighted by Crippen LogP contribution is 2.33. The zero-order valence-corrected chi connectivity index (χ0v) is 18.4. The Bertz CT molecular complexity index is 998. The third-order valence-corrected chi connectivity index (χ3v) is 8.09. The van der Waals surface area contributed by atoms with Gasteiger partial charge in [-0.3, -0.25) is 4.98 Å². The third-order valence-electron chi connectivity index (χ3n) is 6.26. The quantitative estimate of drug-likeness (QED) is 0.586. The topological polar surface area (TPSA) is 119 Å². The lowest BCUT2D eigenvalue weighted by atomic mass is 9.91. The summed E-state index contributed by atoms with van der Waals surface area (Å²) >= 11 is 0. The minimum atomic E-state index is -3.76. The van der Waals surface area contributed by atoms with Crippen molar-refractivity contribution in [1.82, 2.24) is 19.2 Å². The van der Waals surface area contributed by atoms with Gasteiger partial charge in [-0.15, -0.1) is 0 Å². The molecular weight excluding hydrogens is 418 g/mol. The highest BCUT2D eigenvalue weighted by molar-refractivity contribution is 7.89. The van der Waals surface area contributed by atoms with Crippen LogP contribution in [-0.4, -0.2) is 89.3 Å².